The largest absolute Gasteiger partial charge is 0.434 e. The molecule has 5 heteroatoms. The molecule has 2 aromatic rings. The maximum absolute atomic E-state index is 12.3. The van der Waals surface area contributed by atoms with Crippen LogP contribution < -0.4 is 10.5 Å². The van der Waals surface area contributed by atoms with E-state index in [1.807, 2.05) is 17.5 Å². The van der Waals surface area contributed by atoms with Crippen LogP contribution in [-0.2, 0) is 6.42 Å². The van der Waals surface area contributed by atoms with Gasteiger partial charge in [-0.1, -0.05) is 24.3 Å². The van der Waals surface area contributed by atoms with E-state index in [4.69, 9.17) is 5.73 Å². The van der Waals surface area contributed by atoms with E-state index in [1.165, 1.54) is 10.9 Å². The molecule has 2 rings (SSSR count). The van der Waals surface area contributed by atoms with E-state index in [0.29, 0.717) is 12.0 Å². The number of halogens is 2. The van der Waals surface area contributed by atoms with E-state index in [9.17, 15) is 8.78 Å². The molecule has 1 atom stereocenters. The predicted molar refractivity (Wildman–Crippen MR) is 72.6 cm³/mol. The summed E-state index contributed by atoms with van der Waals surface area (Å²) in [7, 11) is 0. The molecule has 0 spiro atoms. The van der Waals surface area contributed by atoms with Gasteiger partial charge in [0.15, 0.2) is 0 Å². The number of para-hydroxylation sites is 1. The van der Waals surface area contributed by atoms with Crippen molar-refractivity contribution >= 4 is 11.3 Å². The molecule has 2 N–H and O–H groups in total. The van der Waals surface area contributed by atoms with Crippen molar-refractivity contribution in [1.82, 2.24) is 0 Å². The zero-order valence-corrected chi connectivity index (χ0v) is 11.1. The van der Waals surface area contributed by atoms with Crippen LogP contribution in [0.5, 0.6) is 5.75 Å². The standard InChI is InChI=1S/C14H15F2NOS/c15-14(16)18-13-6-2-1-5-11(13)12(17)8-7-10-4-3-9-19-10/h1-6,9,12,14H,7-8,17H2. The highest BCUT2D eigenvalue weighted by Crippen LogP contribution is 2.28. The average Bonchev–Trinajstić information content (AvgIpc) is 2.89. The van der Waals surface area contributed by atoms with Gasteiger partial charge in [-0.05, 0) is 30.4 Å². The molecule has 0 bridgehead atoms. The van der Waals surface area contributed by atoms with Crippen molar-refractivity contribution in [3.8, 4) is 5.75 Å². The third-order valence-corrected chi connectivity index (χ3v) is 3.75. The van der Waals surface area contributed by atoms with Gasteiger partial charge in [0.1, 0.15) is 5.75 Å². The Morgan fingerprint density at radius 3 is 2.63 bits per heavy atom. The highest BCUT2D eigenvalue weighted by Gasteiger charge is 2.14. The normalized spacial score (nSPS) is 12.6. The van der Waals surface area contributed by atoms with Gasteiger partial charge in [0.2, 0.25) is 0 Å². The van der Waals surface area contributed by atoms with E-state index >= 15 is 0 Å². The zero-order chi connectivity index (χ0) is 13.7. The number of alkyl halides is 2. The van der Waals surface area contributed by atoms with Gasteiger partial charge < -0.3 is 10.5 Å². The molecule has 0 fully saturated rings. The molecular formula is C14H15F2NOS. The van der Waals surface area contributed by atoms with Crippen molar-refractivity contribution in [3.05, 3.63) is 52.2 Å². The summed E-state index contributed by atoms with van der Waals surface area (Å²) in [5, 5.41) is 2.01. The van der Waals surface area contributed by atoms with Crippen LogP contribution in [0.1, 0.15) is 22.9 Å². The summed E-state index contributed by atoms with van der Waals surface area (Å²) in [5.41, 5.74) is 6.69. The fourth-order valence-corrected chi connectivity index (χ4v) is 2.62. The van der Waals surface area contributed by atoms with Gasteiger partial charge in [-0.15, -0.1) is 11.3 Å². The van der Waals surface area contributed by atoms with Crippen molar-refractivity contribution in [2.24, 2.45) is 5.73 Å². The molecule has 0 saturated heterocycles. The topological polar surface area (TPSA) is 35.2 Å². The second-order valence-electron chi connectivity index (χ2n) is 4.14. The van der Waals surface area contributed by atoms with E-state index in [0.717, 1.165) is 6.42 Å². The highest BCUT2D eigenvalue weighted by atomic mass is 32.1. The van der Waals surface area contributed by atoms with Gasteiger partial charge in [-0.2, -0.15) is 8.78 Å². The van der Waals surface area contributed by atoms with E-state index < -0.39 is 6.61 Å². The van der Waals surface area contributed by atoms with E-state index in [2.05, 4.69) is 4.74 Å². The number of nitrogens with two attached hydrogens (primary N) is 1. The maximum atomic E-state index is 12.3. The quantitative estimate of drug-likeness (QED) is 0.870. The Morgan fingerprint density at radius 1 is 1.16 bits per heavy atom. The zero-order valence-electron chi connectivity index (χ0n) is 10.3. The fraction of sp³-hybridized carbons (Fsp3) is 0.286. The lowest BCUT2D eigenvalue weighted by Crippen LogP contribution is -2.14. The number of benzene rings is 1. The van der Waals surface area contributed by atoms with Crippen LogP contribution in [0.25, 0.3) is 0 Å². The van der Waals surface area contributed by atoms with Gasteiger partial charge in [0, 0.05) is 16.5 Å². The SMILES string of the molecule is NC(CCc1cccs1)c1ccccc1OC(F)F. The Kier molecular flexibility index (Phi) is 4.87. The van der Waals surface area contributed by atoms with Crippen LogP contribution in [0.15, 0.2) is 41.8 Å². The Balaban J connectivity index is 2.03. The van der Waals surface area contributed by atoms with Crippen LogP contribution >= 0.6 is 11.3 Å². The van der Waals surface area contributed by atoms with Gasteiger partial charge in [0.05, 0.1) is 0 Å². The molecule has 1 heterocycles. The summed E-state index contributed by atoms with van der Waals surface area (Å²) in [6.07, 6.45) is 1.53. The molecule has 2 nitrogen and oxygen atoms in total. The predicted octanol–water partition coefficient (Wildman–Crippen LogP) is 3.98. The number of hydrogen-bond acceptors (Lipinski definition) is 3. The summed E-state index contributed by atoms with van der Waals surface area (Å²) in [4.78, 5) is 1.24. The number of thiophene rings is 1. The molecule has 1 aromatic heterocycles. The minimum absolute atomic E-state index is 0.163. The monoisotopic (exact) mass is 283 g/mol. The molecule has 102 valence electrons. The van der Waals surface area contributed by atoms with Crippen LogP contribution in [0, 0.1) is 0 Å². The molecule has 0 aliphatic carbocycles. The highest BCUT2D eigenvalue weighted by molar-refractivity contribution is 7.09. The van der Waals surface area contributed by atoms with Crippen LogP contribution in [0.3, 0.4) is 0 Å². The molecule has 0 aliphatic rings. The second-order valence-corrected chi connectivity index (χ2v) is 5.17. The van der Waals surface area contributed by atoms with E-state index in [1.54, 1.807) is 29.5 Å². The first-order chi connectivity index (χ1) is 9.16. The molecule has 0 amide bonds. The fourth-order valence-electron chi connectivity index (χ4n) is 1.90. The Bertz CT molecular complexity index is 502. The van der Waals surface area contributed by atoms with Gasteiger partial charge in [-0.3, -0.25) is 0 Å². The number of hydrogen-bond donors (Lipinski definition) is 1. The van der Waals surface area contributed by atoms with Gasteiger partial charge >= 0.3 is 6.61 Å². The van der Waals surface area contributed by atoms with Crippen LogP contribution in [0.4, 0.5) is 8.78 Å². The van der Waals surface area contributed by atoms with Gasteiger partial charge in [-0.25, -0.2) is 0 Å². The Labute approximate surface area is 114 Å². The maximum Gasteiger partial charge on any atom is 0.387 e. The van der Waals surface area contributed by atoms with Crippen molar-refractivity contribution in [1.29, 1.82) is 0 Å². The summed E-state index contributed by atoms with van der Waals surface area (Å²) < 4.78 is 29.1. The molecular weight excluding hydrogens is 268 g/mol. The lowest BCUT2D eigenvalue weighted by atomic mass is 10.0. The summed E-state index contributed by atoms with van der Waals surface area (Å²) in [5.74, 6) is 0.163. The smallest absolute Gasteiger partial charge is 0.387 e. The molecule has 0 saturated carbocycles. The Hall–Kier alpha value is -1.46. The van der Waals surface area contributed by atoms with Crippen molar-refractivity contribution in [2.45, 2.75) is 25.5 Å². The second kappa shape index (κ2) is 6.63. The average molecular weight is 283 g/mol. The first-order valence-electron chi connectivity index (χ1n) is 5.98. The molecule has 19 heavy (non-hydrogen) atoms. The third kappa shape index (κ3) is 4.01. The number of rotatable bonds is 6. The molecule has 1 unspecified atom stereocenters. The molecule has 1 aromatic carbocycles. The van der Waals surface area contributed by atoms with Crippen molar-refractivity contribution in [2.75, 3.05) is 0 Å². The summed E-state index contributed by atoms with van der Waals surface area (Å²) in [6.45, 7) is -2.83. The Morgan fingerprint density at radius 2 is 1.95 bits per heavy atom. The lowest BCUT2D eigenvalue weighted by Gasteiger charge is -2.16. The van der Waals surface area contributed by atoms with E-state index in [-0.39, 0.29) is 11.8 Å². The van der Waals surface area contributed by atoms with Crippen LogP contribution in [0.2, 0.25) is 0 Å². The first kappa shape index (κ1) is 14.0. The minimum Gasteiger partial charge on any atom is -0.434 e. The number of ether oxygens (including phenoxy) is 1. The summed E-state index contributed by atoms with van der Waals surface area (Å²) >= 11 is 1.67. The van der Waals surface area contributed by atoms with Gasteiger partial charge in [0.25, 0.3) is 0 Å². The number of aryl methyl sites for hydroxylation is 1. The van der Waals surface area contributed by atoms with Crippen molar-refractivity contribution in [3.63, 3.8) is 0 Å². The molecule has 0 aliphatic heterocycles. The third-order valence-electron chi connectivity index (χ3n) is 2.82. The van der Waals surface area contributed by atoms with Crippen molar-refractivity contribution < 1.29 is 13.5 Å². The summed E-state index contributed by atoms with van der Waals surface area (Å²) in [6, 6.07) is 10.4. The first-order valence-corrected chi connectivity index (χ1v) is 6.86. The van der Waals surface area contributed by atoms with Crippen LogP contribution in [-0.4, -0.2) is 6.61 Å². The lowest BCUT2D eigenvalue weighted by molar-refractivity contribution is -0.0506. The molecule has 0 radical (unpaired) electrons. The minimum atomic E-state index is -2.83.